The first-order valence-electron chi connectivity index (χ1n) is 6.94. The van der Waals surface area contributed by atoms with Crippen LogP contribution in [0.5, 0.6) is 0 Å². The fourth-order valence-electron chi connectivity index (χ4n) is 2.42. The van der Waals surface area contributed by atoms with Crippen LogP contribution in [0.4, 0.5) is 0 Å². The van der Waals surface area contributed by atoms with E-state index in [1.165, 1.54) is 4.90 Å². The summed E-state index contributed by atoms with van der Waals surface area (Å²) in [5, 5.41) is 0. The zero-order valence-corrected chi connectivity index (χ0v) is 13.0. The van der Waals surface area contributed by atoms with E-state index >= 15 is 0 Å². The molecule has 3 aromatic rings. The highest BCUT2D eigenvalue weighted by molar-refractivity contribution is 6.00. The first kappa shape index (κ1) is 14.2. The molecule has 0 saturated carbocycles. The maximum Gasteiger partial charge on any atom is 0.255 e. The van der Waals surface area contributed by atoms with E-state index in [1.54, 1.807) is 26.5 Å². The number of carbonyl (C=O) groups is 1. The van der Waals surface area contributed by atoms with Crippen molar-refractivity contribution >= 4 is 17.1 Å². The van der Waals surface area contributed by atoms with Crippen molar-refractivity contribution in [2.45, 2.75) is 6.92 Å². The second-order valence-electron chi connectivity index (χ2n) is 5.47. The Morgan fingerprint density at radius 3 is 2.77 bits per heavy atom. The summed E-state index contributed by atoms with van der Waals surface area (Å²) in [5.74, 6) is 0.611. The molecular formula is C16H17N5O. The van der Waals surface area contributed by atoms with Gasteiger partial charge >= 0.3 is 0 Å². The Labute approximate surface area is 128 Å². The summed E-state index contributed by atoms with van der Waals surface area (Å²) in [6.45, 7) is 1.98. The summed E-state index contributed by atoms with van der Waals surface area (Å²) in [6, 6.07) is 3.80. The van der Waals surface area contributed by atoms with Crippen molar-refractivity contribution in [2.24, 2.45) is 7.05 Å². The highest BCUT2D eigenvalue weighted by Crippen LogP contribution is 2.26. The van der Waals surface area contributed by atoms with Crippen LogP contribution < -0.4 is 0 Å². The van der Waals surface area contributed by atoms with E-state index in [1.807, 2.05) is 36.9 Å². The van der Waals surface area contributed by atoms with Crippen LogP contribution in [0.1, 0.15) is 15.9 Å². The van der Waals surface area contributed by atoms with Gasteiger partial charge in [0.1, 0.15) is 11.3 Å². The van der Waals surface area contributed by atoms with Crippen LogP contribution in [0.15, 0.2) is 30.7 Å². The van der Waals surface area contributed by atoms with Crippen LogP contribution in [0, 0.1) is 6.92 Å². The summed E-state index contributed by atoms with van der Waals surface area (Å²) < 4.78 is 1.90. The number of carbonyl (C=O) groups excluding carboxylic acids is 1. The molecule has 0 N–H and O–H groups in total. The first-order valence-corrected chi connectivity index (χ1v) is 6.94. The molecular weight excluding hydrogens is 278 g/mol. The number of hydrogen-bond acceptors (Lipinski definition) is 4. The zero-order chi connectivity index (χ0) is 15.9. The lowest BCUT2D eigenvalue weighted by atomic mass is 10.1. The number of amides is 1. The Morgan fingerprint density at radius 2 is 2.05 bits per heavy atom. The van der Waals surface area contributed by atoms with Crippen LogP contribution in [-0.4, -0.2) is 44.4 Å². The van der Waals surface area contributed by atoms with Gasteiger partial charge in [0.2, 0.25) is 0 Å². The average molecular weight is 295 g/mol. The number of aromatic nitrogens is 4. The monoisotopic (exact) mass is 295 g/mol. The van der Waals surface area contributed by atoms with Crippen LogP contribution in [0.2, 0.25) is 0 Å². The summed E-state index contributed by atoms with van der Waals surface area (Å²) in [5.41, 5.74) is 3.95. The molecule has 0 radical (unpaired) electrons. The van der Waals surface area contributed by atoms with Gasteiger partial charge in [-0.25, -0.2) is 9.97 Å². The van der Waals surface area contributed by atoms with Gasteiger partial charge in [-0.1, -0.05) is 0 Å². The van der Waals surface area contributed by atoms with Crippen LogP contribution >= 0.6 is 0 Å². The van der Waals surface area contributed by atoms with Gasteiger partial charge in [-0.05, 0) is 24.6 Å². The van der Waals surface area contributed by atoms with Gasteiger partial charge in [-0.15, -0.1) is 0 Å². The number of aryl methyl sites for hydroxylation is 2. The van der Waals surface area contributed by atoms with Gasteiger partial charge in [0.25, 0.3) is 5.91 Å². The van der Waals surface area contributed by atoms with Crippen molar-refractivity contribution in [1.29, 1.82) is 0 Å². The van der Waals surface area contributed by atoms with E-state index in [0.717, 1.165) is 22.3 Å². The molecule has 112 valence electrons. The van der Waals surface area contributed by atoms with E-state index in [-0.39, 0.29) is 5.91 Å². The van der Waals surface area contributed by atoms with E-state index in [2.05, 4.69) is 15.0 Å². The Kier molecular flexibility index (Phi) is 3.36. The van der Waals surface area contributed by atoms with Crippen LogP contribution in [-0.2, 0) is 7.05 Å². The number of hydrogen-bond donors (Lipinski definition) is 0. The minimum atomic E-state index is -0.0979. The van der Waals surface area contributed by atoms with Crippen LogP contribution in [0.25, 0.3) is 22.6 Å². The second kappa shape index (κ2) is 5.22. The molecule has 0 aliphatic heterocycles. The predicted molar refractivity (Wildman–Crippen MR) is 84.5 cm³/mol. The molecule has 0 aliphatic rings. The van der Waals surface area contributed by atoms with Gasteiger partial charge in [-0.2, -0.15) is 0 Å². The lowest BCUT2D eigenvalue weighted by Crippen LogP contribution is -2.22. The fraction of sp³-hybridized carbons (Fsp3) is 0.250. The van der Waals surface area contributed by atoms with Crippen molar-refractivity contribution < 1.29 is 4.79 Å². The maximum absolute atomic E-state index is 12.4. The van der Waals surface area contributed by atoms with E-state index in [4.69, 9.17) is 0 Å². The van der Waals surface area contributed by atoms with Gasteiger partial charge in [-0.3, -0.25) is 9.78 Å². The standard InChI is InChI=1S/C16H17N5O/c1-10-7-13-15(18-8-10)21(4)14(19-13)11-5-6-17-9-12(11)16(22)20(2)3/h5-9H,1-4H3. The molecule has 22 heavy (non-hydrogen) atoms. The van der Waals surface area contributed by atoms with Crippen molar-refractivity contribution in [2.75, 3.05) is 14.1 Å². The third-order valence-electron chi connectivity index (χ3n) is 3.54. The molecule has 0 aliphatic carbocycles. The zero-order valence-electron chi connectivity index (χ0n) is 13.0. The van der Waals surface area contributed by atoms with E-state index in [9.17, 15) is 4.79 Å². The normalized spacial score (nSPS) is 10.9. The number of fused-ring (bicyclic) bond motifs is 1. The minimum absolute atomic E-state index is 0.0979. The maximum atomic E-state index is 12.4. The molecule has 6 heteroatoms. The third kappa shape index (κ3) is 2.22. The van der Waals surface area contributed by atoms with E-state index < -0.39 is 0 Å². The third-order valence-corrected chi connectivity index (χ3v) is 3.54. The predicted octanol–water partition coefficient (Wildman–Crippen LogP) is 2.04. The molecule has 3 heterocycles. The Morgan fingerprint density at radius 1 is 1.27 bits per heavy atom. The topological polar surface area (TPSA) is 63.9 Å². The summed E-state index contributed by atoms with van der Waals surface area (Å²) in [4.78, 5) is 27.0. The molecule has 0 fully saturated rings. The largest absolute Gasteiger partial charge is 0.345 e. The first-order chi connectivity index (χ1) is 10.5. The van der Waals surface area contributed by atoms with Gasteiger partial charge < -0.3 is 9.47 Å². The van der Waals surface area contributed by atoms with Crippen molar-refractivity contribution in [3.63, 3.8) is 0 Å². The molecule has 0 aromatic carbocycles. The summed E-state index contributed by atoms with van der Waals surface area (Å²) in [6.07, 6.45) is 5.06. The quantitative estimate of drug-likeness (QED) is 0.726. The van der Waals surface area contributed by atoms with Crippen molar-refractivity contribution in [1.82, 2.24) is 24.4 Å². The molecule has 3 rings (SSSR count). The summed E-state index contributed by atoms with van der Waals surface area (Å²) in [7, 11) is 5.34. The van der Waals surface area contributed by atoms with Crippen molar-refractivity contribution in [3.05, 3.63) is 41.9 Å². The fourth-order valence-corrected chi connectivity index (χ4v) is 2.42. The second-order valence-corrected chi connectivity index (χ2v) is 5.47. The number of pyridine rings is 2. The molecule has 0 unspecified atom stereocenters. The number of imidazole rings is 1. The number of rotatable bonds is 2. The Balaban J connectivity index is 2.24. The Hall–Kier alpha value is -2.76. The van der Waals surface area contributed by atoms with Gasteiger partial charge in [0.15, 0.2) is 5.65 Å². The highest BCUT2D eigenvalue weighted by Gasteiger charge is 2.19. The molecule has 0 bridgehead atoms. The molecule has 6 nitrogen and oxygen atoms in total. The van der Waals surface area contributed by atoms with Crippen molar-refractivity contribution in [3.8, 4) is 11.4 Å². The molecule has 3 aromatic heterocycles. The lowest BCUT2D eigenvalue weighted by Gasteiger charge is -2.13. The lowest BCUT2D eigenvalue weighted by molar-refractivity contribution is 0.0828. The van der Waals surface area contributed by atoms with Gasteiger partial charge in [0, 0.05) is 45.3 Å². The van der Waals surface area contributed by atoms with Crippen LogP contribution in [0.3, 0.4) is 0 Å². The molecule has 0 atom stereocenters. The average Bonchev–Trinajstić information content (AvgIpc) is 2.82. The SMILES string of the molecule is Cc1cnc2c(c1)nc(-c1ccncc1C(=O)N(C)C)n2C. The minimum Gasteiger partial charge on any atom is -0.345 e. The smallest absolute Gasteiger partial charge is 0.255 e. The van der Waals surface area contributed by atoms with E-state index in [0.29, 0.717) is 11.4 Å². The Bertz CT molecular complexity index is 866. The molecule has 0 saturated heterocycles. The molecule has 1 amide bonds. The highest BCUT2D eigenvalue weighted by atomic mass is 16.2. The number of nitrogens with zero attached hydrogens (tertiary/aromatic N) is 5. The molecule has 0 spiro atoms. The van der Waals surface area contributed by atoms with Gasteiger partial charge in [0.05, 0.1) is 5.56 Å². The summed E-state index contributed by atoms with van der Waals surface area (Å²) >= 11 is 0.